The van der Waals surface area contributed by atoms with Gasteiger partial charge in [0.25, 0.3) is 5.89 Å². The molecule has 0 spiro atoms. The minimum Gasteiger partial charge on any atom is -0.334 e. The Morgan fingerprint density at radius 1 is 0.913 bits per heavy atom. The Labute approximate surface area is 135 Å². The summed E-state index contributed by atoms with van der Waals surface area (Å²) in [6, 6.07) is 14.8. The first kappa shape index (κ1) is 13.6. The molecule has 0 bridgehead atoms. The summed E-state index contributed by atoms with van der Waals surface area (Å²) >= 11 is 5.98. The van der Waals surface area contributed by atoms with Crippen LogP contribution in [0.4, 0.5) is 0 Å². The van der Waals surface area contributed by atoms with Gasteiger partial charge in [0.15, 0.2) is 0 Å². The van der Waals surface area contributed by atoms with Gasteiger partial charge >= 0.3 is 0 Å². The number of tetrazole rings is 1. The Morgan fingerprint density at radius 3 is 2.39 bits per heavy atom. The maximum Gasteiger partial charge on any atom is 0.258 e. The van der Waals surface area contributed by atoms with Crippen molar-refractivity contribution in [2.45, 2.75) is 0 Å². The van der Waals surface area contributed by atoms with Gasteiger partial charge in [0.2, 0.25) is 11.6 Å². The molecule has 4 aromatic rings. The topological polar surface area (TPSA) is 93.4 Å². The normalized spacial score (nSPS) is 10.8. The molecule has 1 N–H and O–H groups in total. The lowest BCUT2D eigenvalue weighted by Crippen LogP contribution is -1.84. The fourth-order valence-corrected chi connectivity index (χ4v) is 2.32. The standard InChI is InChI=1S/C15H9ClN6O/c16-12-3-1-2-11(8-12)15-17-13(20-23-15)9-4-6-10(7-5-9)14-18-21-22-19-14/h1-8H,(H,18,19,21,22). The second-order valence-corrected chi connectivity index (χ2v) is 5.18. The Hall–Kier alpha value is -3.06. The second-order valence-electron chi connectivity index (χ2n) is 4.75. The summed E-state index contributed by atoms with van der Waals surface area (Å²) in [5.74, 6) is 1.45. The highest BCUT2D eigenvalue weighted by Gasteiger charge is 2.11. The van der Waals surface area contributed by atoms with Gasteiger partial charge in [0, 0.05) is 21.7 Å². The molecule has 8 heteroatoms. The lowest BCUT2D eigenvalue weighted by Gasteiger charge is -1.96. The van der Waals surface area contributed by atoms with Gasteiger partial charge in [-0.05, 0) is 23.4 Å². The molecule has 23 heavy (non-hydrogen) atoms. The molecular weight excluding hydrogens is 316 g/mol. The number of aromatic nitrogens is 6. The average molecular weight is 325 g/mol. The van der Waals surface area contributed by atoms with Crippen molar-refractivity contribution in [1.82, 2.24) is 30.8 Å². The zero-order chi connectivity index (χ0) is 15.6. The van der Waals surface area contributed by atoms with Crippen molar-refractivity contribution in [3.63, 3.8) is 0 Å². The van der Waals surface area contributed by atoms with Gasteiger partial charge in [0.1, 0.15) is 0 Å². The molecule has 0 aliphatic rings. The molecule has 0 amide bonds. The highest BCUT2D eigenvalue weighted by Crippen LogP contribution is 2.25. The molecule has 0 radical (unpaired) electrons. The highest BCUT2D eigenvalue weighted by molar-refractivity contribution is 6.30. The summed E-state index contributed by atoms with van der Waals surface area (Å²) in [6.45, 7) is 0. The number of H-pyrrole nitrogens is 1. The summed E-state index contributed by atoms with van der Waals surface area (Å²) < 4.78 is 5.30. The van der Waals surface area contributed by atoms with Gasteiger partial charge in [-0.2, -0.15) is 10.2 Å². The zero-order valence-electron chi connectivity index (χ0n) is 11.6. The quantitative estimate of drug-likeness (QED) is 0.621. The molecule has 0 saturated heterocycles. The van der Waals surface area contributed by atoms with Crippen LogP contribution in [0, 0.1) is 0 Å². The van der Waals surface area contributed by atoms with E-state index in [2.05, 4.69) is 30.8 Å². The minimum absolute atomic E-state index is 0.421. The number of nitrogens with zero attached hydrogens (tertiary/aromatic N) is 5. The average Bonchev–Trinajstić information content (AvgIpc) is 3.27. The van der Waals surface area contributed by atoms with Crippen LogP contribution in [-0.2, 0) is 0 Å². The lowest BCUT2D eigenvalue weighted by atomic mass is 10.1. The molecule has 0 unspecified atom stereocenters. The van der Waals surface area contributed by atoms with Crippen molar-refractivity contribution in [1.29, 1.82) is 0 Å². The summed E-state index contributed by atoms with van der Waals surface area (Å²) in [5, 5.41) is 18.4. The maximum atomic E-state index is 5.98. The van der Waals surface area contributed by atoms with E-state index in [1.165, 1.54) is 0 Å². The first-order chi connectivity index (χ1) is 11.3. The van der Waals surface area contributed by atoms with Crippen molar-refractivity contribution in [3.05, 3.63) is 53.6 Å². The molecule has 2 heterocycles. The lowest BCUT2D eigenvalue weighted by molar-refractivity contribution is 0.432. The van der Waals surface area contributed by atoms with Gasteiger partial charge in [-0.15, -0.1) is 10.2 Å². The second kappa shape index (κ2) is 5.62. The van der Waals surface area contributed by atoms with E-state index in [9.17, 15) is 0 Å². The fraction of sp³-hybridized carbons (Fsp3) is 0. The van der Waals surface area contributed by atoms with E-state index in [0.29, 0.717) is 22.6 Å². The first-order valence-electron chi connectivity index (χ1n) is 6.73. The van der Waals surface area contributed by atoms with Gasteiger partial charge in [-0.1, -0.05) is 47.1 Å². The molecule has 0 saturated carbocycles. The molecule has 2 aromatic heterocycles. The van der Waals surface area contributed by atoms with Crippen LogP contribution in [-0.4, -0.2) is 30.8 Å². The van der Waals surface area contributed by atoms with Crippen LogP contribution < -0.4 is 0 Å². The monoisotopic (exact) mass is 324 g/mol. The van der Waals surface area contributed by atoms with Gasteiger partial charge in [0.05, 0.1) is 0 Å². The molecule has 0 aliphatic heterocycles. The molecule has 7 nitrogen and oxygen atoms in total. The van der Waals surface area contributed by atoms with Crippen molar-refractivity contribution in [2.24, 2.45) is 0 Å². The minimum atomic E-state index is 0.421. The van der Waals surface area contributed by atoms with Crippen LogP contribution in [0.2, 0.25) is 5.02 Å². The first-order valence-corrected chi connectivity index (χ1v) is 7.11. The Bertz CT molecular complexity index is 933. The van der Waals surface area contributed by atoms with Gasteiger partial charge in [-0.25, -0.2) is 0 Å². The van der Waals surface area contributed by atoms with Gasteiger partial charge < -0.3 is 4.52 Å². The van der Waals surface area contributed by atoms with Crippen LogP contribution in [0.1, 0.15) is 0 Å². The third-order valence-corrected chi connectivity index (χ3v) is 3.48. The smallest absolute Gasteiger partial charge is 0.258 e. The van der Waals surface area contributed by atoms with Crippen LogP contribution >= 0.6 is 11.6 Å². The molecule has 0 aliphatic carbocycles. The van der Waals surface area contributed by atoms with Crippen LogP contribution in [0.15, 0.2) is 53.1 Å². The predicted octanol–water partition coefficient (Wildman–Crippen LogP) is 3.24. The van der Waals surface area contributed by atoms with E-state index in [1.807, 2.05) is 36.4 Å². The van der Waals surface area contributed by atoms with E-state index in [0.717, 1.165) is 16.7 Å². The van der Waals surface area contributed by atoms with Crippen molar-refractivity contribution in [3.8, 4) is 34.2 Å². The van der Waals surface area contributed by atoms with E-state index in [4.69, 9.17) is 16.1 Å². The Morgan fingerprint density at radius 2 is 1.70 bits per heavy atom. The maximum absolute atomic E-state index is 5.98. The van der Waals surface area contributed by atoms with Crippen molar-refractivity contribution < 1.29 is 4.52 Å². The number of aromatic amines is 1. The molecule has 2 aromatic carbocycles. The number of rotatable bonds is 3. The van der Waals surface area contributed by atoms with Crippen LogP contribution in [0.25, 0.3) is 34.2 Å². The third-order valence-electron chi connectivity index (χ3n) is 3.24. The summed E-state index contributed by atoms with van der Waals surface area (Å²) in [7, 11) is 0. The van der Waals surface area contributed by atoms with Crippen LogP contribution in [0.3, 0.4) is 0 Å². The van der Waals surface area contributed by atoms with E-state index in [1.54, 1.807) is 12.1 Å². The SMILES string of the molecule is Clc1cccc(-c2nc(-c3ccc(-c4nn[nH]n4)cc3)no2)c1. The van der Waals surface area contributed by atoms with E-state index < -0.39 is 0 Å². The largest absolute Gasteiger partial charge is 0.334 e. The molecule has 112 valence electrons. The summed E-state index contributed by atoms with van der Waals surface area (Å²) in [4.78, 5) is 4.40. The number of halogens is 1. The zero-order valence-corrected chi connectivity index (χ0v) is 12.4. The predicted molar refractivity (Wildman–Crippen MR) is 83.4 cm³/mol. The number of benzene rings is 2. The molecule has 4 rings (SSSR count). The summed E-state index contributed by atoms with van der Waals surface area (Å²) in [6.07, 6.45) is 0. The number of hydrogen-bond donors (Lipinski definition) is 1. The van der Waals surface area contributed by atoms with Gasteiger partial charge in [-0.3, -0.25) is 0 Å². The number of hydrogen-bond acceptors (Lipinski definition) is 6. The molecule has 0 atom stereocenters. The van der Waals surface area contributed by atoms with Crippen molar-refractivity contribution >= 4 is 11.6 Å². The molecule has 0 fully saturated rings. The number of nitrogens with one attached hydrogen (secondary N) is 1. The fourth-order valence-electron chi connectivity index (χ4n) is 2.13. The molecular formula is C15H9ClN6O. The Balaban J connectivity index is 1.64. The van der Waals surface area contributed by atoms with E-state index in [-0.39, 0.29) is 0 Å². The third kappa shape index (κ3) is 2.69. The van der Waals surface area contributed by atoms with Crippen LogP contribution in [0.5, 0.6) is 0 Å². The van der Waals surface area contributed by atoms with Crippen molar-refractivity contribution in [2.75, 3.05) is 0 Å². The Kier molecular flexibility index (Phi) is 3.32. The van der Waals surface area contributed by atoms with E-state index >= 15 is 0 Å². The summed E-state index contributed by atoms with van der Waals surface area (Å²) in [5.41, 5.74) is 2.45. The highest BCUT2D eigenvalue weighted by atomic mass is 35.5.